The molecule has 2 N–H and O–H groups in total. The molecule has 1 aliphatic carbocycles. The molecule has 5 nitrogen and oxygen atoms in total. The lowest BCUT2D eigenvalue weighted by atomic mass is 9.91. The lowest BCUT2D eigenvalue weighted by Crippen LogP contribution is -2.20. The quantitative estimate of drug-likeness (QED) is 0.237. The van der Waals surface area contributed by atoms with Gasteiger partial charge in [-0.2, -0.15) is 0 Å². The highest BCUT2D eigenvalue weighted by atomic mass is 32.2. The maximum absolute atomic E-state index is 12.3. The molecule has 1 aliphatic rings. The van der Waals surface area contributed by atoms with Crippen molar-refractivity contribution in [2.45, 2.75) is 68.7 Å². The van der Waals surface area contributed by atoms with Crippen LogP contribution in [0.5, 0.6) is 0 Å². The molecular weight excluding hydrogens is 406 g/mol. The molecule has 0 radical (unpaired) electrons. The largest absolute Gasteiger partial charge is 0.476 e. The van der Waals surface area contributed by atoms with E-state index in [1.807, 2.05) is 6.08 Å². The standard InChI is InChI=1S/C22H29NO4S2/c1-3-4-5-6-12-22(2,27)13-7-8-16-9-10-19(24)17(16)11-14-28-21-23-18(15-29-21)20(25)26/h7-8,15-17,27H,3-5,9-11,13-14H2,1-2H3,(H,25,26)/b8-7+/t16-,17-,22+/m1/s1. The molecule has 1 aromatic heterocycles. The third-order valence-electron chi connectivity index (χ3n) is 4.92. The number of carboxylic acids is 1. The van der Waals surface area contributed by atoms with Gasteiger partial charge in [-0.3, -0.25) is 4.79 Å². The zero-order valence-electron chi connectivity index (χ0n) is 17.0. The third kappa shape index (κ3) is 7.96. The minimum absolute atomic E-state index is 0.0155. The van der Waals surface area contributed by atoms with Gasteiger partial charge in [-0.15, -0.1) is 17.3 Å². The van der Waals surface area contributed by atoms with Crippen LogP contribution in [0.1, 0.15) is 69.3 Å². The molecule has 3 atom stereocenters. The Kier molecular flexibility index (Phi) is 9.41. The molecule has 1 heterocycles. The van der Waals surface area contributed by atoms with Gasteiger partial charge >= 0.3 is 5.97 Å². The molecule has 29 heavy (non-hydrogen) atoms. The first kappa shape index (κ1) is 23.7. The van der Waals surface area contributed by atoms with E-state index in [9.17, 15) is 14.7 Å². The Hall–Kier alpha value is -1.62. The van der Waals surface area contributed by atoms with Gasteiger partial charge in [-0.1, -0.05) is 43.2 Å². The Labute approximate surface area is 181 Å². The van der Waals surface area contributed by atoms with Crippen LogP contribution in [0.3, 0.4) is 0 Å². The van der Waals surface area contributed by atoms with Gasteiger partial charge in [-0.25, -0.2) is 9.78 Å². The molecule has 7 heteroatoms. The predicted octanol–water partition coefficient (Wildman–Crippen LogP) is 4.81. The van der Waals surface area contributed by atoms with Crippen LogP contribution in [-0.2, 0) is 4.79 Å². The molecule has 1 saturated carbocycles. The van der Waals surface area contributed by atoms with E-state index in [-0.39, 0.29) is 23.3 Å². The van der Waals surface area contributed by atoms with E-state index in [0.29, 0.717) is 12.8 Å². The fraction of sp³-hybridized carbons (Fsp3) is 0.591. The van der Waals surface area contributed by atoms with Crippen molar-refractivity contribution in [1.82, 2.24) is 4.98 Å². The van der Waals surface area contributed by atoms with Crippen LogP contribution in [0.25, 0.3) is 0 Å². The summed E-state index contributed by atoms with van der Waals surface area (Å²) in [6.45, 7) is 3.84. The Balaban J connectivity index is 1.83. The lowest BCUT2D eigenvalue weighted by Gasteiger charge is -2.16. The van der Waals surface area contributed by atoms with Crippen LogP contribution >= 0.6 is 23.1 Å². The third-order valence-corrected chi connectivity index (χ3v) is 6.98. The number of aliphatic hydroxyl groups is 1. The first-order valence-corrected chi connectivity index (χ1v) is 11.9. The summed E-state index contributed by atoms with van der Waals surface area (Å²) >= 11 is 2.82. The lowest BCUT2D eigenvalue weighted by molar-refractivity contribution is -0.121. The van der Waals surface area contributed by atoms with Gasteiger partial charge in [0.1, 0.15) is 11.4 Å². The molecule has 0 saturated heterocycles. The first-order valence-electron chi connectivity index (χ1n) is 10.1. The summed E-state index contributed by atoms with van der Waals surface area (Å²) < 4.78 is 0.720. The van der Waals surface area contributed by atoms with Crippen molar-refractivity contribution < 1.29 is 19.8 Å². The topological polar surface area (TPSA) is 87.5 Å². The number of hydrogen-bond donors (Lipinski definition) is 2. The number of allylic oxidation sites excluding steroid dienone is 1. The summed E-state index contributed by atoms with van der Waals surface area (Å²) in [6, 6.07) is 0. The number of thioether (sulfide) groups is 1. The zero-order valence-corrected chi connectivity index (χ0v) is 18.7. The number of ketones is 1. The van der Waals surface area contributed by atoms with Crippen molar-refractivity contribution in [2.75, 3.05) is 5.75 Å². The second-order valence-corrected chi connectivity index (χ2v) is 9.73. The van der Waals surface area contributed by atoms with Crippen LogP contribution < -0.4 is 0 Å². The SMILES string of the molecule is CCCCC#C[C@](C)(O)C/C=C/[C@@H]1CCC(=O)[C@@H]1CCSc1nc(C(=O)O)cs1. The number of Topliss-reactive ketones (excluding diaryl/α,β-unsaturated/α-hetero) is 1. The number of carbonyl (C=O) groups excluding carboxylic acids is 1. The summed E-state index contributed by atoms with van der Waals surface area (Å²) in [6.07, 6.45) is 9.60. The summed E-state index contributed by atoms with van der Waals surface area (Å²) in [5.41, 5.74) is -0.967. The van der Waals surface area contributed by atoms with Crippen LogP contribution in [0.4, 0.5) is 0 Å². The molecule has 0 bridgehead atoms. The molecule has 0 amide bonds. The number of nitrogens with zero attached hydrogens (tertiary/aromatic N) is 1. The van der Waals surface area contributed by atoms with Crippen LogP contribution in [0.15, 0.2) is 21.9 Å². The maximum atomic E-state index is 12.3. The molecule has 0 aromatic carbocycles. The Bertz CT molecular complexity index is 788. The van der Waals surface area contributed by atoms with E-state index in [2.05, 4.69) is 29.8 Å². The van der Waals surface area contributed by atoms with Crippen LogP contribution in [0.2, 0.25) is 0 Å². The highest BCUT2D eigenvalue weighted by molar-refractivity contribution is 8.01. The highest BCUT2D eigenvalue weighted by Gasteiger charge is 2.32. The molecule has 0 unspecified atom stereocenters. The van der Waals surface area contributed by atoms with E-state index < -0.39 is 11.6 Å². The van der Waals surface area contributed by atoms with Crippen LogP contribution in [-0.4, -0.2) is 38.3 Å². The number of unbranched alkanes of at least 4 members (excludes halogenated alkanes) is 2. The van der Waals surface area contributed by atoms with E-state index in [0.717, 1.165) is 42.2 Å². The molecular formula is C22H29NO4S2. The van der Waals surface area contributed by atoms with Crippen molar-refractivity contribution in [3.63, 3.8) is 0 Å². The van der Waals surface area contributed by atoms with E-state index in [1.54, 1.807) is 6.92 Å². The number of aromatic carboxylic acids is 1. The average molecular weight is 436 g/mol. The minimum Gasteiger partial charge on any atom is -0.476 e. The monoisotopic (exact) mass is 435 g/mol. The Morgan fingerprint density at radius 2 is 2.31 bits per heavy atom. The molecule has 0 spiro atoms. The average Bonchev–Trinajstić information content (AvgIpc) is 3.27. The van der Waals surface area contributed by atoms with Gasteiger partial charge in [0, 0.05) is 36.3 Å². The summed E-state index contributed by atoms with van der Waals surface area (Å²) in [7, 11) is 0. The predicted molar refractivity (Wildman–Crippen MR) is 117 cm³/mol. The summed E-state index contributed by atoms with van der Waals surface area (Å²) in [5, 5.41) is 20.8. The molecule has 0 aliphatic heterocycles. The summed E-state index contributed by atoms with van der Waals surface area (Å²) in [5.74, 6) is 6.16. The van der Waals surface area contributed by atoms with Gasteiger partial charge < -0.3 is 10.2 Å². The molecule has 1 fully saturated rings. The van der Waals surface area contributed by atoms with E-state index >= 15 is 0 Å². The second kappa shape index (κ2) is 11.5. The second-order valence-electron chi connectivity index (χ2n) is 7.53. The molecule has 2 rings (SSSR count). The number of aromatic nitrogens is 1. The van der Waals surface area contributed by atoms with Gasteiger partial charge in [0.25, 0.3) is 0 Å². The zero-order chi connectivity index (χ0) is 21.3. The van der Waals surface area contributed by atoms with Crippen molar-refractivity contribution in [1.29, 1.82) is 0 Å². The Morgan fingerprint density at radius 1 is 1.52 bits per heavy atom. The van der Waals surface area contributed by atoms with E-state index in [1.165, 1.54) is 28.5 Å². The summed E-state index contributed by atoms with van der Waals surface area (Å²) in [4.78, 5) is 27.2. The number of rotatable bonds is 10. The fourth-order valence-corrected chi connectivity index (χ4v) is 5.17. The van der Waals surface area contributed by atoms with Crippen molar-refractivity contribution in [3.8, 4) is 11.8 Å². The first-order chi connectivity index (χ1) is 13.8. The smallest absolute Gasteiger partial charge is 0.355 e. The molecule has 1 aromatic rings. The minimum atomic E-state index is -1.04. The van der Waals surface area contributed by atoms with Gasteiger partial charge in [0.2, 0.25) is 0 Å². The fourth-order valence-electron chi connectivity index (χ4n) is 3.28. The van der Waals surface area contributed by atoms with Gasteiger partial charge in [-0.05, 0) is 32.1 Å². The van der Waals surface area contributed by atoms with Crippen molar-refractivity contribution in [2.24, 2.45) is 11.8 Å². The van der Waals surface area contributed by atoms with E-state index in [4.69, 9.17) is 5.11 Å². The highest BCUT2D eigenvalue weighted by Crippen LogP contribution is 2.35. The van der Waals surface area contributed by atoms with Crippen molar-refractivity contribution >= 4 is 34.9 Å². The molecule has 158 valence electrons. The van der Waals surface area contributed by atoms with Gasteiger partial charge in [0.15, 0.2) is 10.0 Å². The maximum Gasteiger partial charge on any atom is 0.355 e. The number of carbonyl (C=O) groups is 2. The normalized spacial score (nSPS) is 21.1. The number of hydrogen-bond acceptors (Lipinski definition) is 6. The van der Waals surface area contributed by atoms with Gasteiger partial charge in [0.05, 0.1) is 0 Å². The Morgan fingerprint density at radius 3 is 3.00 bits per heavy atom. The number of thiazole rings is 1. The number of carboxylic acid groups (broad SMARTS) is 1. The van der Waals surface area contributed by atoms with Crippen LogP contribution in [0, 0.1) is 23.7 Å². The van der Waals surface area contributed by atoms with Crippen molar-refractivity contribution in [3.05, 3.63) is 23.2 Å².